The van der Waals surface area contributed by atoms with E-state index in [9.17, 15) is 8.78 Å². The van der Waals surface area contributed by atoms with E-state index in [1.54, 1.807) is 12.1 Å². The maximum Gasteiger partial charge on any atom is 0.163 e. The molecule has 104 valence electrons. The number of hydrogen-bond donors (Lipinski definition) is 1. The summed E-state index contributed by atoms with van der Waals surface area (Å²) in [6.45, 7) is 2.60. The van der Waals surface area contributed by atoms with Crippen LogP contribution in [0.2, 0.25) is 0 Å². The second-order valence-electron chi connectivity index (χ2n) is 6.22. The smallest absolute Gasteiger partial charge is 0.163 e. The lowest BCUT2D eigenvalue weighted by atomic mass is 9.84. The molecule has 3 heteroatoms. The molecule has 2 saturated carbocycles. The van der Waals surface area contributed by atoms with Gasteiger partial charge in [-0.2, -0.15) is 0 Å². The summed E-state index contributed by atoms with van der Waals surface area (Å²) >= 11 is 0. The summed E-state index contributed by atoms with van der Waals surface area (Å²) in [4.78, 5) is 0. The number of hydrogen-bond acceptors (Lipinski definition) is 1. The summed E-state index contributed by atoms with van der Waals surface area (Å²) in [5.74, 6) is 1.02. The van der Waals surface area contributed by atoms with E-state index in [1.807, 2.05) is 0 Å². The van der Waals surface area contributed by atoms with Gasteiger partial charge in [-0.15, -0.1) is 0 Å². The topological polar surface area (TPSA) is 12.0 Å². The molecule has 4 unspecified atom stereocenters. The molecule has 0 saturated heterocycles. The fraction of sp³-hybridized carbons (Fsp3) is 0.625. The Balaban J connectivity index is 1.58. The highest BCUT2D eigenvalue weighted by Crippen LogP contribution is 2.49. The van der Waals surface area contributed by atoms with Crippen molar-refractivity contribution < 1.29 is 8.78 Å². The first-order valence-electron chi connectivity index (χ1n) is 7.31. The van der Waals surface area contributed by atoms with Gasteiger partial charge in [-0.1, -0.05) is 18.6 Å². The van der Waals surface area contributed by atoms with Gasteiger partial charge in [-0.25, -0.2) is 8.78 Å². The van der Waals surface area contributed by atoms with Gasteiger partial charge in [0.15, 0.2) is 11.6 Å². The summed E-state index contributed by atoms with van der Waals surface area (Å²) in [5.41, 5.74) is 0.426. The Labute approximate surface area is 113 Å². The van der Waals surface area contributed by atoms with Gasteiger partial charge < -0.3 is 5.32 Å². The maximum atomic E-state index is 13.6. The van der Waals surface area contributed by atoms with Crippen molar-refractivity contribution in [1.29, 1.82) is 0 Å². The van der Waals surface area contributed by atoms with Crippen LogP contribution < -0.4 is 5.32 Å². The zero-order valence-corrected chi connectivity index (χ0v) is 11.3. The molecule has 0 radical (unpaired) electrons. The highest BCUT2D eigenvalue weighted by molar-refractivity contribution is 5.18. The van der Waals surface area contributed by atoms with E-state index in [2.05, 4.69) is 12.2 Å². The van der Waals surface area contributed by atoms with Gasteiger partial charge >= 0.3 is 0 Å². The molecule has 0 amide bonds. The number of fused-ring (bicyclic) bond motifs is 2. The van der Waals surface area contributed by atoms with Crippen molar-refractivity contribution in [1.82, 2.24) is 5.32 Å². The van der Waals surface area contributed by atoms with Crippen LogP contribution in [-0.2, 0) is 6.54 Å². The molecular weight excluding hydrogens is 244 g/mol. The van der Waals surface area contributed by atoms with E-state index in [-0.39, 0.29) is 0 Å². The minimum atomic E-state index is -0.758. The van der Waals surface area contributed by atoms with Crippen LogP contribution in [0, 0.1) is 29.4 Å². The molecule has 1 nitrogen and oxygen atoms in total. The van der Waals surface area contributed by atoms with E-state index in [4.69, 9.17) is 0 Å². The fourth-order valence-corrected chi connectivity index (χ4v) is 4.01. The first kappa shape index (κ1) is 13.0. The third kappa shape index (κ3) is 2.53. The molecule has 0 aromatic heterocycles. The molecule has 2 aliphatic carbocycles. The SMILES string of the molecule is CC(NCc1cccc(F)c1F)C1CC2CCC1C2. The number of rotatable bonds is 4. The van der Waals surface area contributed by atoms with Crippen molar-refractivity contribution in [2.24, 2.45) is 17.8 Å². The molecule has 1 aromatic carbocycles. The van der Waals surface area contributed by atoms with Crippen LogP contribution in [0.4, 0.5) is 8.78 Å². The first-order valence-corrected chi connectivity index (χ1v) is 7.31. The molecule has 3 rings (SSSR count). The average molecular weight is 265 g/mol. The number of halogens is 2. The third-order valence-electron chi connectivity index (χ3n) is 5.08. The van der Waals surface area contributed by atoms with Crippen LogP contribution in [0.15, 0.2) is 18.2 Å². The van der Waals surface area contributed by atoms with E-state index < -0.39 is 11.6 Å². The average Bonchev–Trinajstić information content (AvgIpc) is 3.02. The van der Waals surface area contributed by atoms with Crippen molar-refractivity contribution in [2.45, 2.75) is 45.2 Å². The van der Waals surface area contributed by atoms with Crippen molar-refractivity contribution in [3.8, 4) is 0 Å². The summed E-state index contributed by atoms with van der Waals surface area (Å²) in [5, 5.41) is 3.39. The zero-order chi connectivity index (χ0) is 13.4. The molecule has 1 N–H and O–H groups in total. The monoisotopic (exact) mass is 265 g/mol. The zero-order valence-electron chi connectivity index (χ0n) is 11.3. The molecule has 2 bridgehead atoms. The predicted octanol–water partition coefficient (Wildman–Crippen LogP) is 3.88. The molecule has 2 aliphatic rings. The first-order chi connectivity index (χ1) is 9.15. The fourth-order valence-electron chi connectivity index (χ4n) is 4.01. The Kier molecular flexibility index (Phi) is 3.57. The summed E-state index contributed by atoms with van der Waals surface area (Å²) in [6, 6.07) is 4.77. The van der Waals surface area contributed by atoms with Gasteiger partial charge in [-0.05, 0) is 50.0 Å². The van der Waals surface area contributed by atoms with Crippen LogP contribution in [0.25, 0.3) is 0 Å². The Morgan fingerprint density at radius 3 is 2.79 bits per heavy atom. The van der Waals surface area contributed by atoms with Gasteiger partial charge in [-0.3, -0.25) is 0 Å². The third-order valence-corrected chi connectivity index (χ3v) is 5.08. The largest absolute Gasteiger partial charge is 0.310 e. The lowest BCUT2D eigenvalue weighted by Crippen LogP contribution is -2.36. The van der Waals surface area contributed by atoms with E-state index >= 15 is 0 Å². The Bertz CT molecular complexity index is 460. The van der Waals surface area contributed by atoms with Gasteiger partial charge in [0.05, 0.1) is 0 Å². The van der Waals surface area contributed by atoms with E-state index in [0.29, 0.717) is 18.2 Å². The van der Waals surface area contributed by atoms with Crippen molar-refractivity contribution >= 4 is 0 Å². The van der Waals surface area contributed by atoms with E-state index in [0.717, 1.165) is 23.8 Å². The van der Waals surface area contributed by atoms with Crippen LogP contribution in [0.3, 0.4) is 0 Å². The summed E-state index contributed by atoms with van der Waals surface area (Å²) < 4.78 is 26.7. The molecule has 1 aromatic rings. The van der Waals surface area contributed by atoms with Crippen LogP contribution in [0.5, 0.6) is 0 Å². The molecule has 2 fully saturated rings. The van der Waals surface area contributed by atoms with Crippen molar-refractivity contribution in [3.63, 3.8) is 0 Å². The van der Waals surface area contributed by atoms with Crippen molar-refractivity contribution in [2.75, 3.05) is 0 Å². The normalized spacial score (nSPS) is 30.8. The van der Waals surface area contributed by atoms with E-state index in [1.165, 1.54) is 25.7 Å². The van der Waals surface area contributed by atoms with Gasteiger partial charge in [0.2, 0.25) is 0 Å². The highest BCUT2D eigenvalue weighted by Gasteiger charge is 2.41. The molecule has 0 heterocycles. The quantitative estimate of drug-likeness (QED) is 0.871. The van der Waals surface area contributed by atoms with Crippen LogP contribution >= 0.6 is 0 Å². The number of nitrogens with one attached hydrogen (secondary N) is 1. The second kappa shape index (κ2) is 5.20. The lowest BCUT2D eigenvalue weighted by molar-refractivity contribution is 0.258. The highest BCUT2D eigenvalue weighted by atomic mass is 19.2. The summed E-state index contributed by atoms with van der Waals surface area (Å²) in [7, 11) is 0. The number of benzene rings is 1. The van der Waals surface area contributed by atoms with Gasteiger partial charge in [0.1, 0.15) is 0 Å². The van der Waals surface area contributed by atoms with Gasteiger partial charge in [0.25, 0.3) is 0 Å². The molecule has 4 atom stereocenters. The van der Waals surface area contributed by atoms with Crippen LogP contribution in [-0.4, -0.2) is 6.04 Å². The Morgan fingerprint density at radius 2 is 2.11 bits per heavy atom. The minimum absolute atomic E-state index is 0.387. The molecule has 0 spiro atoms. The predicted molar refractivity (Wildman–Crippen MR) is 71.6 cm³/mol. The lowest BCUT2D eigenvalue weighted by Gasteiger charge is -2.28. The Morgan fingerprint density at radius 1 is 1.26 bits per heavy atom. The maximum absolute atomic E-state index is 13.6. The second-order valence-corrected chi connectivity index (χ2v) is 6.22. The molecule has 19 heavy (non-hydrogen) atoms. The van der Waals surface area contributed by atoms with Crippen LogP contribution in [0.1, 0.15) is 38.2 Å². The standard InChI is InChI=1S/C16H21F2N/c1-10(14-8-11-5-6-12(14)7-11)19-9-13-3-2-4-15(17)16(13)18/h2-4,10-12,14,19H,5-9H2,1H3. The Hall–Kier alpha value is -0.960. The minimum Gasteiger partial charge on any atom is -0.310 e. The molecular formula is C16H21F2N. The van der Waals surface area contributed by atoms with Gasteiger partial charge in [0, 0.05) is 18.2 Å². The van der Waals surface area contributed by atoms with Crippen molar-refractivity contribution in [3.05, 3.63) is 35.4 Å². The molecule has 0 aliphatic heterocycles. The summed E-state index contributed by atoms with van der Waals surface area (Å²) in [6.07, 6.45) is 5.44.